The number of nitrogens with zero attached hydrogens (tertiary/aromatic N) is 4. The number of rotatable bonds is 16. The average molecular weight is 1050 g/mol. The number of hydrogen-bond acceptors (Lipinski definition) is 14. The van der Waals surface area contributed by atoms with Gasteiger partial charge in [0.2, 0.25) is 0 Å². The number of halogens is 1. The molecule has 4 aromatic carbocycles. The number of hydrogen-bond donors (Lipinski definition) is 2. The maximum absolute atomic E-state index is 14.7. The zero-order valence-corrected chi connectivity index (χ0v) is 41.8. The van der Waals surface area contributed by atoms with Crippen LogP contribution in [-0.4, -0.2) is 74.4 Å². The molecular formula is C46H49BrN6O10P2S2. The summed E-state index contributed by atoms with van der Waals surface area (Å²) in [6.07, 6.45) is -2.07. The molecule has 0 radical (unpaired) electrons. The number of fused-ring (bicyclic) bond motifs is 3. The highest BCUT2D eigenvalue weighted by Crippen LogP contribution is 2.74. The van der Waals surface area contributed by atoms with E-state index in [1.165, 1.54) is 29.1 Å². The summed E-state index contributed by atoms with van der Waals surface area (Å²) < 4.78 is 77.8. The normalized spacial score (nSPS) is 26.4. The largest absolute Gasteiger partial charge is 0.391 e. The van der Waals surface area contributed by atoms with Crippen molar-refractivity contribution in [2.45, 2.75) is 98.3 Å². The molecule has 4 fully saturated rings. The number of ether oxygens (including phenoxy) is 5. The SMILES string of the molecule is CC1(C)O[C@@H]2[C@@H](COP(=O)(Sc3ccccc3)Sc3ccccc3)C[C@@H](n3cnc4c(nc(Br)n4[C@@H]4O[C@H](COP(=O)(Nc5ccccc5)Nc5ccccc5)[C@H]5OC(C)(C)O[C@H]54)c3=O)[C@@H]2O1. The lowest BCUT2D eigenvalue weighted by Crippen LogP contribution is -2.34. The Morgan fingerprint density at radius 1 is 0.716 bits per heavy atom. The highest BCUT2D eigenvalue weighted by molar-refractivity contribution is 9.10. The Morgan fingerprint density at radius 2 is 1.24 bits per heavy atom. The van der Waals surface area contributed by atoms with Crippen LogP contribution in [0.2, 0.25) is 0 Å². The smallest absolute Gasteiger partial charge is 0.347 e. The van der Waals surface area contributed by atoms with Crippen LogP contribution in [0.5, 0.6) is 0 Å². The van der Waals surface area contributed by atoms with Crippen LogP contribution in [0.1, 0.15) is 46.4 Å². The fourth-order valence-electron chi connectivity index (χ4n) is 9.03. The molecule has 8 atom stereocenters. The first-order chi connectivity index (χ1) is 32.1. The van der Waals surface area contributed by atoms with E-state index in [9.17, 15) is 13.9 Å². The molecular weight excluding hydrogens is 1000 g/mol. The van der Waals surface area contributed by atoms with Gasteiger partial charge in [-0.25, -0.2) is 14.5 Å². The third-order valence-corrected chi connectivity index (χ3v) is 20.4. The van der Waals surface area contributed by atoms with E-state index in [0.29, 0.717) is 17.8 Å². The fraction of sp³-hybridized carbons (Fsp3) is 0.370. The monoisotopic (exact) mass is 1050 g/mol. The highest BCUT2D eigenvalue weighted by Gasteiger charge is 2.58. The topological polar surface area (TPSA) is 176 Å². The van der Waals surface area contributed by atoms with Crippen LogP contribution in [0.25, 0.3) is 11.2 Å². The van der Waals surface area contributed by atoms with Crippen molar-refractivity contribution in [3.05, 3.63) is 143 Å². The molecule has 1 saturated carbocycles. The number of aromatic nitrogens is 4. The number of nitrogens with one attached hydrogen (secondary N) is 2. The van der Waals surface area contributed by atoms with Gasteiger partial charge in [-0.1, -0.05) is 72.8 Å². The summed E-state index contributed by atoms with van der Waals surface area (Å²) in [7, 11) is -3.80. The second-order valence-electron chi connectivity index (χ2n) is 17.5. The second kappa shape index (κ2) is 18.8. The van der Waals surface area contributed by atoms with Gasteiger partial charge in [0, 0.05) is 27.1 Å². The summed E-state index contributed by atoms with van der Waals surface area (Å²) in [5, 5.41) is 6.10. The molecule has 6 aromatic rings. The Labute approximate surface area is 403 Å². The Morgan fingerprint density at radius 3 is 1.82 bits per heavy atom. The molecule has 21 heteroatoms. The van der Waals surface area contributed by atoms with Crippen LogP contribution in [-0.2, 0) is 41.9 Å². The van der Waals surface area contributed by atoms with Crippen molar-refractivity contribution in [2.75, 3.05) is 23.4 Å². The second-order valence-corrected chi connectivity index (χ2v) is 27.1. The summed E-state index contributed by atoms with van der Waals surface area (Å²) in [6.45, 7) is 7.24. The molecule has 10 rings (SSSR count). The molecule has 1 aliphatic carbocycles. The summed E-state index contributed by atoms with van der Waals surface area (Å²) >= 11 is 6.03. The van der Waals surface area contributed by atoms with Crippen molar-refractivity contribution in [2.24, 2.45) is 5.92 Å². The number of para-hydroxylation sites is 2. The van der Waals surface area contributed by atoms with E-state index in [4.69, 9.17) is 42.7 Å². The van der Waals surface area contributed by atoms with E-state index in [0.717, 1.165) is 9.79 Å². The minimum atomic E-state index is -3.80. The summed E-state index contributed by atoms with van der Waals surface area (Å²) in [4.78, 5) is 25.9. The predicted octanol–water partition coefficient (Wildman–Crippen LogP) is 10.9. The molecule has 2 aromatic heterocycles. The third-order valence-electron chi connectivity index (χ3n) is 11.8. The maximum atomic E-state index is 14.7. The number of anilines is 2. The quantitative estimate of drug-likeness (QED) is 0.0691. The van der Waals surface area contributed by atoms with Gasteiger partial charge in [0.15, 0.2) is 33.7 Å². The van der Waals surface area contributed by atoms with E-state index in [-0.39, 0.29) is 35.0 Å². The van der Waals surface area contributed by atoms with Gasteiger partial charge >= 0.3 is 13.4 Å². The summed E-state index contributed by atoms with van der Waals surface area (Å²) in [5.41, 5.74) is 1.14. The van der Waals surface area contributed by atoms with E-state index in [1.807, 2.05) is 125 Å². The van der Waals surface area contributed by atoms with Gasteiger partial charge in [0.1, 0.15) is 30.7 Å². The van der Waals surface area contributed by atoms with Crippen LogP contribution >= 0.6 is 52.1 Å². The maximum Gasteiger partial charge on any atom is 0.391 e. The van der Waals surface area contributed by atoms with Gasteiger partial charge in [-0.05, 0) is 121 Å². The first-order valence-corrected chi connectivity index (χ1v) is 28.7. The van der Waals surface area contributed by atoms with Crippen molar-refractivity contribution in [1.82, 2.24) is 19.1 Å². The van der Waals surface area contributed by atoms with Gasteiger partial charge < -0.3 is 28.2 Å². The lowest BCUT2D eigenvalue weighted by Gasteiger charge is -2.27. The van der Waals surface area contributed by atoms with Crippen LogP contribution < -0.4 is 15.7 Å². The number of imidazole rings is 1. The molecule has 16 nitrogen and oxygen atoms in total. The predicted molar refractivity (Wildman–Crippen MR) is 260 cm³/mol. The molecule has 0 bridgehead atoms. The minimum absolute atomic E-state index is 0.0912. The van der Waals surface area contributed by atoms with Gasteiger partial charge in [-0.15, -0.1) is 0 Å². The van der Waals surface area contributed by atoms with Crippen molar-refractivity contribution in [1.29, 1.82) is 0 Å². The molecule has 3 aliphatic heterocycles. The van der Waals surface area contributed by atoms with Gasteiger partial charge in [0.05, 0.1) is 25.4 Å². The lowest BCUT2D eigenvalue weighted by atomic mass is 10.1. The zero-order chi connectivity index (χ0) is 46.6. The molecule has 2 N–H and O–H groups in total. The molecule has 67 heavy (non-hydrogen) atoms. The molecule has 0 unspecified atom stereocenters. The van der Waals surface area contributed by atoms with Gasteiger partial charge in [-0.3, -0.25) is 33.2 Å². The van der Waals surface area contributed by atoms with E-state index in [1.54, 1.807) is 33.4 Å². The van der Waals surface area contributed by atoms with E-state index >= 15 is 0 Å². The highest BCUT2D eigenvalue weighted by atomic mass is 79.9. The molecule has 3 saturated heterocycles. The Balaban J connectivity index is 0.906. The van der Waals surface area contributed by atoms with Gasteiger partial charge in [0.25, 0.3) is 5.56 Å². The summed E-state index contributed by atoms with van der Waals surface area (Å²) in [5.74, 6) is -5.65. The zero-order valence-electron chi connectivity index (χ0n) is 36.8. The lowest BCUT2D eigenvalue weighted by molar-refractivity contribution is -0.199. The fourth-order valence-corrected chi connectivity index (χ4v) is 17.6. The van der Waals surface area contributed by atoms with Gasteiger partial charge in [-0.2, -0.15) is 0 Å². The summed E-state index contributed by atoms with van der Waals surface area (Å²) in [6, 6.07) is 36.8. The van der Waals surface area contributed by atoms with E-state index in [2.05, 4.69) is 26.1 Å². The Kier molecular flexibility index (Phi) is 13.2. The molecule has 5 heterocycles. The van der Waals surface area contributed by atoms with Crippen molar-refractivity contribution < 1.29 is 41.9 Å². The first-order valence-electron chi connectivity index (χ1n) is 21.8. The Hall–Kier alpha value is -3.81. The first kappa shape index (κ1) is 46.9. The molecule has 4 aliphatic rings. The van der Waals surface area contributed by atoms with Crippen LogP contribution in [0.15, 0.2) is 147 Å². The van der Waals surface area contributed by atoms with Crippen molar-refractivity contribution in [3.8, 4) is 0 Å². The van der Waals surface area contributed by atoms with Crippen LogP contribution in [0.4, 0.5) is 11.4 Å². The molecule has 352 valence electrons. The molecule has 0 amide bonds. The van der Waals surface area contributed by atoms with Crippen LogP contribution in [0.3, 0.4) is 0 Å². The number of benzene rings is 4. The average Bonchev–Trinajstić information content (AvgIpc) is 4.07. The van der Waals surface area contributed by atoms with Crippen molar-refractivity contribution in [3.63, 3.8) is 0 Å². The molecule has 0 spiro atoms. The Bertz CT molecular complexity index is 2780. The van der Waals surface area contributed by atoms with E-state index < -0.39 is 73.4 Å². The van der Waals surface area contributed by atoms with Crippen LogP contribution in [0, 0.1) is 5.92 Å². The third kappa shape index (κ3) is 10.1. The van der Waals surface area contributed by atoms with Crippen molar-refractivity contribution >= 4 is 74.7 Å². The standard InChI is InChI=1S/C46H49BrN6O10P2S2/c1-45(2)60-37-29(26-58-65(56,66-32-21-13-7-14-22-32)67-33-23-15-8-16-24-33)25-34(38(37)61-45)52-28-48-41-36(42(52)54)49-44(47)53(41)43-40-39(62-46(3,4)63-40)35(59-43)27-57-64(55,50-30-17-9-5-10-18-30)51-31-19-11-6-12-20-31/h5-24,28-29,34-35,37-40,43H,25-27H2,1-4H3,(H2,50,51,55)/t29-,34-,35-,37-,38+,39-,40-,43-/m1/s1. The minimum Gasteiger partial charge on any atom is -0.347 e.